The van der Waals surface area contributed by atoms with Crippen LogP contribution in [0.4, 0.5) is 11.4 Å². The molecule has 3 aromatic rings. The third-order valence-corrected chi connectivity index (χ3v) is 6.62. The van der Waals surface area contributed by atoms with Crippen molar-refractivity contribution in [3.8, 4) is 0 Å². The second-order valence-corrected chi connectivity index (χ2v) is 9.99. The van der Waals surface area contributed by atoms with Crippen LogP contribution in [-0.4, -0.2) is 53.4 Å². The van der Waals surface area contributed by atoms with Crippen molar-refractivity contribution >= 4 is 38.2 Å². The van der Waals surface area contributed by atoms with Gasteiger partial charge in [-0.25, -0.2) is 8.42 Å². The molecule has 1 amide bonds. The molecular weight excluding hydrogens is 464 g/mol. The number of nitro groups is 1. The minimum Gasteiger partial charge on any atom is -0.378 e. The van der Waals surface area contributed by atoms with Crippen molar-refractivity contribution in [2.45, 2.75) is 31.6 Å². The lowest BCUT2D eigenvalue weighted by Crippen LogP contribution is -2.29. The number of hydrogen-bond acceptors (Lipinski definition) is 8. The van der Waals surface area contributed by atoms with Crippen LogP contribution in [0.3, 0.4) is 0 Å². The van der Waals surface area contributed by atoms with E-state index >= 15 is 0 Å². The number of anilines is 1. The van der Waals surface area contributed by atoms with E-state index in [2.05, 4.69) is 20.7 Å². The third-order valence-electron chi connectivity index (χ3n) is 5.51. The number of amides is 1. The molecule has 0 unspecified atom stereocenters. The SMILES string of the molecule is Cc1nn(C)c2[nH]c(=O)c(CCC(=O)NCCNc3ccc(S(C)(=O)=O)cc3[N+](=O)[O-])c(C)c12. The first kappa shape index (κ1) is 24.9. The minimum absolute atomic E-state index is 0.0952. The minimum atomic E-state index is -3.58. The van der Waals surface area contributed by atoms with Crippen molar-refractivity contribution in [2.75, 3.05) is 24.7 Å². The van der Waals surface area contributed by atoms with Gasteiger partial charge < -0.3 is 15.6 Å². The summed E-state index contributed by atoms with van der Waals surface area (Å²) in [7, 11) is -1.83. The maximum atomic E-state index is 12.5. The van der Waals surface area contributed by atoms with Gasteiger partial charge in [0.25, 0.3) is 11.2 Å². The lowest BCUT2D eigenvalue weighted by Gasteiger charge is -2.10. The molecule has 0 fully saturated rings. The Bertz CT molecular complexity index is 1440. The van der Waals surface area contributed by atoms with Crippen LogP contribution in [-0.2, 0) is 28.1 Å². The summed E-state index contributed by atoms with van der Waals surface area (Å²) in [6.07, 6.45) is 1.32. The number of pyridine rings is 1. The van der Waals surface area contributed by atoms with E-state index in [4.69, 9.17) is 0 Å². The number of sulfone groups is 1. The van der Waals surface area contributed by atoms with Crippen molar-refractivity contribution in [3.05, 3.63) is 55.5 Å². The van der Waals surface area contributed by atoms with Gasteiger partial charge in [-0.1, -0.05) is 0 Å². The van der Waals surface area contributed by atoms with Gasteiger partial charge in [0.05, 0.1) is 15.5 Å². The number of carbonyl (C=O) groups is 1. The molecule has 3 rings (SSSR count). The highest BCUT2D eigenvalue weighted by molar-refractivity contribution is 7.90. The number of H-pyrrole nitrogens is 1. The van der Waals surface area contributed by atoms with E-state index in [9.17, 15) is 28.1 Å². The lowest BCUT2D eigenvalue weighted by molar-refractivity contribution is -0.384. The topological polar surface area (TPSA) is 169 Å². The van der Waals surface area contributed by atoms with Crippen LogP contribution in [0, 0.1) is 24.0 Å². The molecule has 3 N–H and O–H groups in total. The van der Waals surface area contributed by atoms with Gasteiger partial charge in [-0.05, 0) is 38.0 Å². The number of nitro benzene ring substituents is 1. The fraction of sp³-hybridized carbons (Fsp3) is 0.381. The summed E-state index contributed by atoms with van der Waals surface area (Å²) in [5.74, 6) is -0.273. The molecule has 0 atom stereocenters. The molecular formula is C21H26N6O6S. The van der Waals surface area contributed by atoms with Gasteiger partial charge in [0.1, 0.15) is 11.3 Å². The molecule has 0 saturated carbocycles. The van der Waals surface area contributed by atoms with Gasteiger partial charge in [0.2, 0.25) is 5.91 Å². The number of aromatic amines is 1. The van der Waals surface area contributed by atoms with Crippen LogP contribution in [0.25, 0.3) is 11.0 Å². The summed E-state index contributed by atoms with van der Waals surface area (Å²) >= 11 is 0. The highest BCUT2D eigenvalue weighted by Crippen LogP contribution is 2.27. The molecule has 0 spiro atoms. The van der Waals surface area contributed by atoms with Crippen LogP contribution < -0.4 is 16.2 Å². The zero-order valence-electron chi connectivity index (χ0n) is 19.3. The van der Waals surface area contributed by atoms with Crippen molar-refractivity contribution in [1.82, 2.24) is 20.1 Å². The standard InChI is InChI=1S/C21H26N6O6S/c1-12-15(21(29)24-20-19(12)13(2)25-26(20)3)6-8-18(28)23-10-9-22-16-7-5-14(34(4,32)33)11-17(16)27(30)31/h5,7,11,22H,6,8-10H2,1-4H3,(H,23,28)(H,24,29). The summed E-state index contributed by atoms with van der Waals surface area (Å²) in [5.41, 5.74) is 2.27. The van der Waals surface area contributed by atoms with E-state index in [0.717, 1.165) is 29.0 Å². The molecule has 0 bridgehead atoms. The Hall–Kier alpha value is -3.74. The molecule has 1 aromatic carbocycles. The second-order valence-electron chi connectivity index (χ2n) is 7.98. The Morgan fingerprint density at radius 1 is 1.26 bits per heavy atom. The van der Waals surface area contributed by atoms with Gasteiger partial charge in [0.15, 0.2) is 9.84 Å². The van der Waals surface area contributed by atoms with E-state index in [-0.39, 0.29) is 53.7 Å². The van der Waals surface area contributed by atoms with Crippen LogP contribution >= 0.6 is 0 Å². The molecule has 182 valence electrons. The van der Waals surface area contributed by atoms with Crippen LogP contribution in [0.2, 0.25) is 0 Å². The second kappa shape index (κ2) is 9.63. The first-order valence-corrected chi connectivity index (χ1v) is 12.3. The number of nitrogens with one attached hydrogen (secondary N) is 3. The summed E-state index contributed by atoms with van der Waals surface area (Å²) in [5, 5.41) is 22.0. The molecule has 2 aromatic heterocycles. The van der Waals surface area contributed by atoms with Crippen molar-refractivity contribution in [2.24, 2.45) is 7.05 Å². The van der Waals surface area contributed by atoms with Gasteiger partial charge in [0, 0.05) is 49.8 Å². The smallest absolute Gasteiger partial charge is 0.293 e. The summed E-state index contributed by atoms with van der Waals surface area (Å²) in [6.45, 7) is 4.06. The zero-order chi connectivity index (χ0) is 25.2. The van der Waals surface area contributed by atoms with Crippen LogP contribution in [0.1, 0.15) is 23.2 Å². The van der Waals surface area contributed by atoms with Gasteiger partial charge in [-0.3, -0.25) is 24.4 Å². The van der Waals surface area contributed by atoms with Crippen molar-refractivity contribution < 1.29 is 18.1 Å². The average molecular weight is 491 g/mol. The van der Waals surface area contributed by atoms with Crippen molar-refractivity contribution in [3.63, 3.8) is 0 Å². The van der Waals surface area contributed by atoms with Gasteiger partial charge in [-0.2, -0.15) is 5.10 Å². The van der Waals surface area contributed by atoms with E-state index in [1.807, 2.05) is 13.8 Å². The number of aryl methyl sites for hydroxylation is 3. The summed E-state index contributed by atoms with van der Waals surface area (Å²) in [6, 6.07) is 3.60. The predicted molar refractivity (Wildman–Crippen MR) is 127 cm³/mol. The Morgan fingerprint density at radius 3 is 2.62 bits per heavy atom. The van der Waals surface area contributed by atoms with E-state index in [1.54, 1.807) is 11.7 Å². The monoisotopic (exact) mass is 490 g/mol. The molecule has 13 heteroatoms. The normalized spacial score (nSPS) is 11.5. The maximum absolute atomic E-state index is 12.5. The zero-order valence-corrected chi connectivity index (χ0v) is 20.1. The number of benzene rings is 1. The number of fused-ring (bicyclic) bond motifs is 1. The Balaban J connectivity index is 1.58. The number of carbonyl (C=O) groups excluding carboxylic acids is 1. The highest BCUT2D eigenvalue weighted by atomic mass is 32.2. The summed E-state index contributed by atoms with van der Waals surface area (Å²) < 4.78 is 24.9. The molecule has 0 saturated heterocycles. The molecule has 0 aliphatic carbocycles. The fourth-order valence-corrected chi connectivity index (χ4v) is 4.47. The van der Waals surface area contributed by atoms with Crippen molar-refractivity contribution in [1.29, 1.82) is 0 Å². The van der Waals surface area contributed by atoms with Gasteiger partial charge in [-0.15, -0.1) is 0 Å². The molecule has 0 aliphatic rings. The highest BCUT2D eigenvalue weighted by Gasteiger charge is 2.19. The molecule has 12 nitrogen and oxygen atoms in total. The number of rotatable bonds is 9. The molecule has 0 aliphatic heterocycles. The molecule has 2 heterocycles. The van der Waals surface area contributed by atoms with Gasteiger partial charge >= 0.3 is 0 Å². The third kappa shape index (κ3) is 5.25. The molecule has 0 radical (unpaired) electrons. The van der Waals surface area contributed by atoms with Crippen LogP contribution in [0.15, 0.2) is 27.9 Å². The number of nitrogens with zero attached hydrogens (tertiary/aromatic N) is 3. The number of hydrogen-bond donors (Lipinski definition) is 3. The number of aromatic nitrogens is 3. The first-order chi connectivity index (χ1) is 15.9. The summed E-state index contributed by atoms with van der Waals surface area (Å²) in [4.78, 5) is 38.0. The Kier molecular flexibility index (Phi) is 7.05. The lowest BCUT2D eigenvalue weighted by atomic mass is 10.0. The predicted octanol–water partition coefficient (Wildman–Crippen LogP) is 1.35. The van der Waals surface area contributed by atoms with E-state index in [1.165, 1.54) is 12.1 Å². The van der Waals surface area contributed by atoms with E-state index < -0.39 is 14.8 Å². The Morgan fingerprint density at radius 2 is 1.97 bits per heavy atom. The first-order valence-electron chi connectivity index (χ1n) is 10.4. The average Bonchev–Trinajstić information content (AvgIpc) is 3.03. The van der Waals surface area contributed by atoms with Crippen LogP contribution in [0.5, 0.6) is 0 Å². The quantitative estimate of drug-likeness (QED) is 0.229. The fourth-order valence-electron chi connectivity index (χ4n) is 3.82. The largest absolute Gasteiger partial charge is 0.378 e. The Labute approximate surface area is 195 Å². The molecule has 34 heavy (non-hydrogen) atoms. The maximum Gasteiger partial charge on any atom is 0.293 e. The van der Waals surface area contributed by atoms with E-state index in [0.29, 0.717) is 11.2 Å².